The maximum absolute atomic E-state index is 12.0. The van der Waals surface area contributed by atoms with E-state index < -0.39 is 0 Å². The van der Waals surface area contributed by atoms with Crippen LogP contribution in [0.1, 0.15) is 73.4 Å². The molecule has 0 aromatic heterocycles. The van der Waals surface area contributed by atoms with Crippen LogP contribution in [0.5, 0.6) is 0 Å². The number of piperidine rings is 3. The molecule has 25 heavy (non-hydrogen) atoms. The van der Waals surface area contributed by atoms with Crippen LogP contribution in [0.15, 0.2) is 18.2 Å². The number of hydrogen-bond acceptors (Lipinski definition) is 2. The van der Waals surface area contributed by atoms with E-state index >= 15 is 0 Å². The summed E-state index contributed by atoms with van der Waals surface area (Å²) in [6.45, 7) is 9.09. The molecule has 1 aromatic rings. The first-order valence-corrected chi connectivity index (χ1v) is 10.3. The minimum atomic E-state index is 0.199. The van der Waals surface area contributed by atoms with Crippen molar-refractivity contribution in [3.63, 3.8) is 0 Å². The van der Waals surface area contributed by atoms with Gasteiger partial charge < -0.3 is 9.80 Å². The van der Waals surface area contributed by atoms with Crippen LogP contribution < -0.4 is 0 Å². The minimum absolute atomic E-state index is 0.199. The van der Waals surface area contributed by atoms with Gasteiger partial charge in [-0.1, -0.05) is 26.0 Å². The molecule has 6 rings (SSSR count). The Labute approximate surface area is 153 Å². The van der Waals surface area contributed by atoms with Gasteiger partial charge in [-0.2, -0.15) is 0 Å². The lowest BCUT2D eigenvalue weighted by molar-refractivity contribution is 0.0759. The Morgan fingerprint density at radius 1 is 1.00 bits per heavy atom. The summed E-state index contributed by atoms with van der Waals surface area (Å²) in [5.74, 6) is 1.90. The van der Waals surface area contributed by atoms with Gasteiger partial charge in [0.1, 0.15) is 0 Å². The SMILES string of the molecule is C1CN2CCC1CC2.CC.CN1C[C@H]2CCCc3cccc(c32)C1=O. The number of fused-ring (bicyclic) bond motifs is 3. The molecule has 4 heterocycles. The average Bonchev–Trinajstić information content (AvgIpc) is 2.70. The Kier molecular flexibility index (Phi) is 6.16. The van der Waals surface area contributed by atoms with Gasteiger partial charge in [0.2, 0.25) is 0 Å². The fourth-order valence-corrected chi connectivity index (χ4v) is 4.85. The van der Waals surface area contributed by atoms with Crippen molar-refractivity contribution in [2.45, 2.75) is 58.3 Å². The number of benzene rings is 1. The number of hydrogen-bond donors (Lipinski definition) is 0. The van der Waals surface area contributed by atoms with Gasteiger partial charge in [0.05, 0.1) is 0 Å². The third kappa shape index (κ3) is 3.92. The highest BCUT2D eigenvalue weighted by Crippen LogP contribution is 2.37. The van der Waals surface area contributed by atoms with Crippen molar-refractivity contribution in [2.24, 2.45) is 5.92 Å². The van der Waals surface area contributed by atoms with E-state index in [-0.39, 0.29) is 5.91 Å². The van der Waals surface area contributed by atoms with Gasteiger partial charge in [0, 0.05) is 25.1 Å². The molecule has 3 fully saturated rings. The second-order valence-electron chi connectivity index (χ2n) is 7.73. The molecule has 1 aromatic carbocycles. The highest BCUT2D eigenvalue weighted by atomic mass is 16.2. The van der Waals surface area contributed by atoms with Crippen LogP contribution in [-0.2, 0) is 6.42 Å². The lowest BCUT2D eigenvalue weighted by Gasteiger charge is -2.38. The van der Waals surface area contributed by atoms with Crippen LogP contribution in [0.2, 0.25) is 0 Å². The van der Waals surface area contributed by atoms with Gasteiger partial charge in [-0.05, 0) is 81.3 Å². The van der Waals surface area contributed by atoms with Crippen molar-refractivity contribution < 1.29 is 4.79 Å². The van der Waals surface area contributed by atoms with Gasteiger partial charge in [-0.15, -0.1) is 0 Å². The Balaban J connectivity index is 0.000000153. The summed E-state index contributed by atoms with van der Waals surface area (Å²) in [4.78, 5) is 16.4. The highest BCUT2D eigenvalue weighted by Gasteiger charge is 2.32. The van der Waals surface area contributed by atoms with Gasteiger partial charge in [0.25, 0.3) is 5.91 Å². The number of aryl methyl sites for hydroxylation is 1. The largest absolute Gasteiger partial charge is 0.341 e. The van der Waals surface area contributed by atoms with Crippen molar-refractivity contribution in [2.75, 3.05) is 33.2 Å². The summed E-state index contributed by atoms with van der Waals surface area (Å²) in [6, 6.07) is 6.19. The molecule has 1 aliphatic carbocycles. The predicted molar refractivity (Wildman–Crippen MR) is 104 cm³/mol. The molecule has 4 aliphatic heterocycles. The lowest BCUT2D eigenvalue weighted by atomic mass is 9.77. The summed E-state index contributed by atoms with van der Waals surface area (Å²) >= 11 is 0. The molecule has 0 unspecified atom stereocenters. The van der Waals surface area contributed by atoms with E-state index in [9.17, 15) is 4.79 Å². The zero-order valence-electron chi connectivity index (χ0n) is 16.3. The van der Waals surface area contributed by atoms with Crippen LogP contribution in [0.3, 0.4) is 0 Å². The number of nitrogens with zero attached hydrogens (tertiary/aromatic N) is 2. The van der Waals surface area contributed by atoms with Crippen molar-refractivity contribution in [3.05, 3.63) is 34.9 Å². The van der Waals surface area contributed by atoms with Gasteiger partial charge in [0.15, 0.2) is 0 Å². The Morgan fingerprint density at radius 2 is 1.68 bits per heavy atom. The molecular weight excluding hydrogens is 308 g/mol. The van der Waals surface area contributed by atoms with Crippen LogP contribution in [0, 0.1) is 5.92 Å². The van der Waals surface area contributed by atoms with E-state index in [0.717, 1.165) is 24.4 Å². The summed E-state index contributed by atoms with van der Waals surface area (Å²) in [5.41, 5.74) is 3.71. The molecule has 2 bridgehead atoms. The molecule has 3 heteroatoms. The quantitative estimate of drug-likeness (QED) is 0.701. The zero-order chi connectivity index (χ0) is 17.8. The lowest BCUT2D eigenvalue weighted by Crippen LogP contribution is -2.41. The third-order valence-corrected chi connectivity index (χ3v) is 6.24. The molecule has 3 saturated heterocycles. The Morgan fingerprint density at radius 3 is 2.24 bits per heavy atom. The van der Waals surface area contributed by atoms with Crippen molar-refractivity contribution in [1.82, 2.24) is 9.80 Å². The Hall–Kier alpha value is -1.35. The van der Waals surface area contributed by atoms with Gasteiger partial charge in [-0.3, -0.25) is 4.79 Å². The smallest absolute Gasteiger partial charge is 0.253 e. The molecule has 5 aliphatic rings. The van der Waals surface area contributed by atoms with E-state index in [1.807, 2.05) is 37.9 Å². The molecule has 0 radical (unpaired) electrons. The number of carbonyl (C=O) groups is 1. The molecule has 0 N–H and O–H groups in total. The first kappa shape index (κ1) is 18.4. The molecule has 0 saturated carbocycles. The summed E-state index contributed by atoms with van der Waals surface area (Å²) < 4.78 is 0. The first-order chi connectivity index (χ1) is 12.2. The van der Waals surface area contributed by atoms with Crippen LogP contribution in [0.4, 0.5) is 0 Å². The Bertz CT molecular complexity index is 567. The molecule has 1 amide bonds. The standard InChI is InChI=1S/C13H15NO.C7H13N.C2H6/c1-14-8-10-6-2-4-9-5-3-7-11(12(9)10)13(14)15;1-4-8-5-2-7(1)3-6-8;1-2/h3,5,7,10H,2,4,6,8H2,1H3;7H,1-6H2;1-2H3/t10-;;/m1../s1. The number of carbonyl (C=O) groups excluding carboxylic acids is 1. The molecule has 138 valence electrons. The van der Waals surface area contributed by atoms with Gasteiger partial charge in [-0.25, -0.2) is 0 Å². The number of likely N-dealkylation sites (N-methyl/N-ethyl adjacent to an activating group) is 1. The molecule has 3 nitrogen and oxygen atoms in total. The molecule has 1 atom stereocenters. The van der Waals surface area contributed by atoms with Crippen LogP contribution in [-0.4, -0.2) is 48.9 Å². The topological polar surface area (TPSA) is 23.6 Å². The maximum atomic E-state index is 12.0. The fourth-order valence-electron chi connectivity index (χ4n) is 4.85. The number of amides is 1. The zero-order valence-corrected chi connectivity index (χ0v) is 16.3. The van der Waals surface area contributed by atoms with E-state index in [0.29, 0.717) is 5.92 Å². The van der Waals surface area contributed by atoms with Gasteiger partial charge >= 0.3 is 0 Å². The third-order valence-electron chi connectivity index (χ3n) is 6.24. The van der Waals surface area contributed by atoms with E-state index in [4.69, 9.17) is 0 Å². The van der Waals surface area contributed by atoms with E-state index in [2.05, 4.69) is 11.0 Å². The second kappa shape index (κ2) is 8.35. The van der Waals surface area contributed by atoms with Crippen molar-refractivity contribution in [3.8, 4) is 0 Å². The van der Waals surface area contributed by atoms with Crippen molar-refractivity contribution >= 4 is 5.91 Å². The normalized spacial score (nSPS) is 29.0. The van der Waals surface area contributed by atoms with Crippen LogP contribution in [0.25, 0.3) is 0 Å². The van der Waals surface area contributed by atoms with Crippen LogP contribution >= 0.6 is 0 Å². The monoisotopic (exact) mass is 342 g/mol. The maximum Gasteiger partial charge on any atom is 0.253 e. The summed E-state index contributed by atoms with van der Waals surface area (Å²) in [5, 5.41) is 0. The minimum Gasteiger partial charge on any atom is -0.341 e. The fraction of sp³-hybridized carbons (Fsp3) is 0.682. The molecule has 0 spiro atoms. The first-order valence-electron chi connectivity index (χ1n) is 10.3. The summed E-state index contributed by atoms with van der Waals surface area (Å²) in [7, 11) is 1.91. The molecular formula is C22H34N2O. The second-order valence-corrected chi connectivity index (χ2v) is 7.73. The summed E-state index contributed by atoms with van der Waals surface area (Å²) in [6.07, 6.45) is 8.11. The van der Waals surface area contributed by atoms with E-state index in [1.165, 1.54) is 62.9 Å². The number of rotatable bonds is 0. The predicted octanol–water partition coefficient (Wildman–Crippen LogP) is 4.32. The highest BCUT2D eigenvalue weighted by molar-refractivity contribution is 5.97. The average molecular weight is 343 g/mol. The van der Waals surface area contributed by atoms with E-state index in [1.54, 1.807) is 0 Å². The van der Waals surface area contributed by atoms with Crippen molar-refractivity contribution in [1.29, 1.82) is 0 Å².